The van der Waals surface area contributed by atoms with Gasteiger partial charge in [-0.25, -0.2) is 15.0 Å². The second-order valence-corrected chi connectivity index (χ2v) is 7.80. The van der Waals surface area contributed by atoms with E-state index < -0.39 is 0 Å². The summed E-state index contributed by atoms with van der Waals surface area (Å²) in [6.45, 7) is 4.06. The molecular formula is C20H22ClFN4. The van der Waals surface area contributed by atoms with Crippen LogP contribution in [-0.4, -0.2) is 19.9 Å². The van der Waals surface area contributed by atoms with Crippen molar-refractivity contribution in [2.45, 2.75) is 51.4 Å². The molecular weight excluding hydrogens is 351 g/mol. The summed E-state index contributed by atoms with van der Waals surface area (Å²) < 4.78 is 13.8. The van der Waals surface area contributed by atoms with E-state index in [1.54, 1.807) is 12.4 Å². The topological polar surface area (TPSA) is 54.5 Å². The molecule has 1 atom stereocenters. The van der Waals surface area contributed by atoms with E-state index in [-0.39, 0.29) is 5.95 Å². The number of nitrogens with zero attached hydrogens (tertiary/aromatic N) is 3. The number of H-pyrrole nitrogens is 1. The molecule has 3 aromatic rings. The predicted molar refractivity (Wildman–Crippen MR) is 101 cm³/mol. The van der Waals surface area contributed by atoms with Gasteiger partial charge in [-0.15, -0.1) is 0 Å². The molecule has 0 spiro atoms. The number of hydrogen-bond donors (Lipinski definition) is 1. The molecule has 0 radical (unpaired) electrons. The van der Waals surface area contributed by atoms with Gasteiger partial charge in [0.2, 0.25) is 5.95 Å². The van der Waals surface area contributed by atoms with Gasteiger partial charge in [0.05, 0.1) is 10.5 Å². The van der Waals surface area contributed by atoms with Gasteiger partial charge in [0, 0.05) is 23.9 Å². The van der Waals surface area contributed by atoms with Gasteiger partial charge in [-0.05, 0) is 62.1 Å². The highest BCUT2D eigenvalue weighted by molar-refractivity contribution is 6.31. The highest BCUT2D eigenvalue weighted by atomic mass is 35.5. The van der Waals surface area contributed by atoms with Gasteiger partial charge in [-0.3, -0.25) is 0 Å². The van der Waals surface area contributed by atoms with Crippen molar-refractivity contribution in [3.05, 3.63) is 52.4 Å². The molecule has 0 bridgehead atoms. The Balaban J connectivity index is 1.47. The molecule has 136 valence electrons. The van der Waals surface area contributed by atoms with Gasteiger partial charge in [-0.2, -0.15) is 4.39 Å². The number of halogens is 2. The Hall–Kier alpha value is -2.01. The normalized spacial score (nSPS) is 21.8. The molecule has 1 aliphatic carbocycles. The fraction of sp³-hybridized carbons (Fsp3) is 0.450. The van der Waals surface area contributed by atoms with E-state index in [9.17, 15) is 4.39 Å². The molecule has 0 aliphatic heterocycles. The molecule has 0 aromatic carbocycles. The lowest BCUT2D eigenvalue weighted by Gasteiger charge is -2.32. The van der Waals surface area contributed by atoms with Crippen LogP contribution >= 0.6 is 11.6 Å². The van der Waals surface area contributed by atoms with Crippen LogP contribution in [0, 0.1) is 18.8 Å². The third-order valence-corrected chi connectivity index (χ3v) is 6.06. The maximum absolute atomic E-state index is 13.8. The number of hydrogen-bond acceptors (Lipinski definition) is 3. The molecule has 6 heteroatoms. The Morgan fingerprint density at radius 3 is 2.77 bits per heavy atom. The van der Waals surface area contributed by atoms with Gasteiger partial charge in [0.1, 0.15) is 5.82 Å². The lowest BCUT2D eigenvalue weighted by Crippen LogP contribution is -2.19. The first-order valence-corrected chi connectivity index (χ1v) is 9.53. The highest BCUT2D eigenvalue weighted by Crippen LogP contribution is 2.42. The molecule has 3 aromatic heterocycles. The number of pyridine rings is 2. The zero-order chi connectivity index (χ0) is 18.3. The first kappa shape index (κ1) is 17.4. The second-order valence-electron chi connectivity index (χ2n) is 7.36. The van der Waals surface area contributed by atoms with Gasteiger partial charge in [-0.1, -0.05) is 18.5 Å². The Bertz CT molecular complexity index is 931. The third-order valence-electron chi connectivity index (χ3n) is 5.86. The molecule has 1 fully saturated rings. The largest absolute Gasteiger partial charge is 0.340 e. The third kappa shape index (κ3) is 3.20. The lowest BCUT2D eigenvalue weighted by molar-refractivity contribution is 0.285. The highest BCUT2D eigenvalue weighted by Gasteiger charge is 2.29. The van der Waals surface area contributed by atoms with Crippen LogP contribution in [0.25, 0.3) is 11.2 Å². The van der Waals surface area contributed by atoms with Crippen molar-refractivity contribution in [3.8, 4) is 0 Å². The molecule has 0 saturated heterocycles. The number of aromatic amines is 1. The van der Waals surface area contributed by atoms with Crippen molar-refractivity contribution in [2.24, 2.45) is 5.92 Å². The fourth-order valence-electron chi connectivity index (χ4n) is 4.23. The summed E-state index contributed by atoms with van der Waals surface area (Å²) >= 11 is 6.01. The quantitative estimate of drug-likeness (QED) is 0.615. The minimum absolute atomic E-state index is 0.333. The van der Waals surface area contributed by atoms with E-state index in [0.717, 1.165) is 42.6 Å². The van der Waals surface area contributed by atoms with E-state index in [1.807, 2.05) is 19.1 Å². The number of rotatable bonds is 3. The van der Waals surface area contributed by atoms with Crippen LogP contribution in [0.15, 0.2) is 24.5 Å². The molecule has 1 unspecified atom stereocenters. The van der Waals surface area contributed by atoms with Crippen LogP contribution in [0.4, 0.5) is 4.39 Å². The van der Waals surface area contributed by atoms with Crippen LogP contribution in [-0.2, 0) is 0 Å². The number of aromatic nitrogens is 4. The Morgan fingerprint density at radius 1 is 1.23 bits per heavy atom. The van der Waals surface area contributed by atoms with Crippen molar-refractivity contribution < 1.29 is 4.39 Å². The summed E-state index contributed by atoms with van der Waals surface area (Å²) in [5, 5.41) is 0.612. The van der Waals surface area contributed by atoms with Crippen LogP contribution < -0.4 is 0 Å². The maximum atomic E-state index is 13.8. The van der Waals surface area contributed by atoms with Crippen LogP contribution in [0.3, 0.4) is 0 Å². The van der Waals surface area contributed by atoms with Crippen LogP contribution in [0.2, 0.25) is 5.02 Å². The number of fused-ring (bicyclic) bond motifs is 1. The summed E-state index contributed by atoms with van der Waals surface area (Å²) in [5.74, 6) is 1.95. The van der Waals surface area contributed by atoms with Crippen LogP contribution in [0.1, 0.15) is 61.4 Å². The van der Waals surface area contributed by atoms with Gasteiger partial charge in [0.15, 0.2) is 5.65 Å². The molecule has 3 heterocycles. The second kappa shape index (κ2) is 6.95. The first-order valence-electron chi connectivity index (χ1n) is 9.15. The average Bonchev–Trinajstić information content (AvgIpc) is 3.07. The Morgan fingerprint density at radius 2 is 2.00 bits per heavy atom. The van der Waals surface area contributed by atoms with E-state index >= 15 is 0 Å². The SMILES string of the molecule is Cc1c(F)nccc1[C@H]1CC[C@@H](C(C)c2nc3ncc(Cl)cc3[nH]2)CC1. The van der Waals surface area contributed by atoms with E-state index in [1.165, 1.54) is 0 Å². The van der Waals surface area contributed by atoms with Crippen molar-refractivity contribution in [3.63, 3.8) is 0 Å². The summed E-state index contributed by atoms with van der Waals surface area (Å²) in [6, 6.07) is 3.84. The maximum Gasteiger partial charge on any atom is 0.216 e. The molecule has 1 saturated carbocycles. The van der Waals surface area contributed by atoms with Crippen LogP contribution in [0.5, 0.6) is 0 Å². The Labute approximate surface area is 157 Å². The zero-order valence-corrected chi connectivity index (χ0v) is 15.7. The molecule has 4 nitrogen and oxygen atoms in total. The van der Waals surface area contributed by atoms with Crippen molar-refractivity contribution in [1.82, 2.24) is 19.9 Å². The first-order chi connectivity index (χ1) is 12.5. The summed E-state index contributed by atoms with van der Waals surface area (Å²) in [4.78, 5) is 16.1. The van der Waals surface area contributed by atoms with Gasteiger partial charge >= 0.3 is 0 Å². The smallest absolute Gasteiger partial charge is 0.216 e. The minimum Gasteiger partial charge on any atom is -0.340 e. The summed E-state index contributed by atoms with van der Waals surface area (Å²) in [6.07, 6.45) is 7.58. The zero-order valence-electron chi connectivity index (χ0n) is 15.0. The van der Waals surface area contributed by atoms with E-state index in [0.29, 0.717) is 34.0 Å². The van der Waals surface area contributed by atoms with Gasteiger partial charge in [0.25, 0.3) is 0 Å². The molecule has 4 rings (SSSR count). The van der Waals surface area contributed by atoms with Crippen molar-refractivity contribution >= 4 is 22.8 Å². The van der Waals surface area contributed by atoms with E-state index in [4.69, 9.17) is 11.6 Å². The Kier molecular flexibility index (Phi) is 4.65. The lowest BCUT2D eigenvalue weighted by atomic mass is 9.73. The van der Waals surface area contributed by atoms with Gasteiger partial charge < -0.3 is 4.98 Å². The molecule has 26 heavy (non-hydrogen) atoms. The number of imidazole rings is 1. The molecule has 0 amide bonds. The minimum atomic E-state index is -0.341. The van der Waals surface area contributed by atoms with Crippen molar-refractivity contribution in [1.29, 1.82) is 0 Å². The number of nitrogens with one attached hydrogen (secondary N) is 1. The predicted octanol–water partition coefficient (Wildman–Crippen LogP) is 5.53. The fourth-order valence-corrected chi connectivity index (χ4v) is 4.39. The summed E-state index contributed by atoms with van der Waals surface area (Å²) in [5.41, 5.74) is 3.42. The molecule has 1 aliphatic rings. The van der Waals surface area contributed by atoms with E-state index in [2.05, 4.69) is 26.9 Å². The molecule has 1 N–H and O–H groups in total. The van der Waals surface area contributed by atoms with Crippen molar-refractivity contribution in [2.75, 3.05) is 0 Å². The summed E-state index contributed by atoms with van der Waals surface area (Å²) in [7, 11) is 0. The standard InChI is InChI=1S/C20H22ClFN4/c1-11(19-25-17-9-15(21)10-24-20(17)26-19)13-3-5-14(6-4-13)16-7-8-23-18(22)12(16)2/h7-11,13-14H,3-6H2,1-2H3,(H,24,25,26)/t11?,13-,14+. The average molecular weight is 373 g/mol. The monoisotopic (exact) mass is 372 g/mol.